The van der Waals surface area contributed by atoms with Crippen molar-refractivity contribution in [3.05, 3.63) is 62.2 Å². The molecule has 0 heterocycles. The van der Waals surface area contributed by atoms with Gasteiger partial charge < -0.3 is 15.2 Å². The second kappa shape index (κ2) is 8.21. The van der Waals surface area contributed by atoms with Crippen LogP contribution in [0.15, 0.2) is 35.9 Å². The van der Waals surface area contributed by atoms with Gasteiger partial charge in [0.05, 0.1) is 18.1 Å². The Morgan fingerprint density at radius 1 is 1.41 bits per heavy atom. The van der Waals surface area contributed by atoms with Crippen molar-refractivity contribution in [3.8, 4) is 17.6 Å². The molecule has 0 atom stereocenters. The molecular weight excluding hydrogens is 374 g/mol. The van der Waals surface area contributed by atoms with E-state index < -0.39 is 16.6 Å². The zero-order valence-electron chi connectivity index (χ0n) is 14.3. The predicted octanol–water partition coefficient (Wildman–Crippen LogP) is 3.82. The van der Waals surface area contributed by atoms with E-state index in [1.165, 1.54) is 13.2 Å². The molecule has 0 bridgehead atoms. The fourth-order valence-corrected chi connectivity index (χ4v) is 2.34. The molecule has 0 aromatic heterocycles. The lowest BCUT2D eigenvalue weighted by atomic mass is 10.1. The van der Waals surface area contributed by atoms with E-state index in [1.54, 1.807) is 25.1 Å². The second-order valence-corrected chi connectivity index (χ2v) is 5.84. The molecule has 138 valence electrons. The Kier molecular flexibility index (Phi) is 6.00. The maximum atomic E-state index is 12.3. The summed E-state index contributed by atoms with van der Waals surface area (Å²) in [6, 6.07) is 8.61. The van der Waals surface area contributed by atoms with Gasteiger partial charge in [-0.05, 0) is 30.7 Å². The van der Waals surface area contributed by atoms with Crippen molar-refractivity contribution < 1.29 is 19.6 Å². The van der Waals surface area contributed by atoms with Crippen LogP contribution in [-0.2, 0) is 4.79 Å². The molecule has 0 saturated heterocycles. The lowest BCUT2D eigenvalue weighted by Gasteiger charge is -2.08. The predicted molar refractivity (Wildman–Crippen MR) is 99.7 cm³/mol. The van der Waals surface area contributed by atoms with Crippen molar-refractivity contribution in [3.63, 3.8) is 0 Å². The first-order valence-corrected chi connectivity index (χ1v) is 7.89. The van der Waals surface area contributed by atoms with Gasteiger partial charge in [-0.2, -0.15) is 5.26 Å². The Hall–Kier alpha value is -3.57. The van der Waals surface area contributed by atoms with Crippen molar-refractivity contribution >= 4 is 35.0 Å². The molecule has 0 unspecified atom stereocenters. The monoisotopic (exact) mass is 387 g/mol. The van der Waals surface area contributed by atoms with E-state index in [1.807, 2.05) is 0 Å². The van der Waals surface area contributed by atoms with Gasteiger partial charge in [-0.1, -0.05) is 17.7 Å². The van der Waals surface area contributed by atoms with Gasteiger partial charge in [-0.3, -0.25) is 14.9 Å². The maximum absolute atomic E-state index is 12.3. The number of aryl methyl sites for hydroxylation is 1. The number of rotatable bonds is 5. The molecule has 0 saturated carbocycles. The van der Waals surface area contributed by atoms with Crippen LogP contribution in [0.1, 0.15) is 11.1 Å². The van der Waals surface area contributed by atoms with Crippen molar-refractivity contribution in [1.82, 2.24) is 0 Å². The van der Waals surface area contributed by atoms with Gasteiger partial charge >= 0.3 is 0 Å². The van der Waals surface area contributed by atoms with Gasteiger partial charge in [0.15, 0.2) is 11.5 Å². The van der Waals surface area contributed by atoms with Crippen LogP contribution >= 0.6 is 11.6 Å². The van der Waals surface area contributed by atoms with E-state index >= 15 is 0 Å². The van der Waals surface area contributed by atoms with Gasteiger partial charge in [-0.15, -0.1) is 0 Å². The number of nitrogens with one attached hydrogen (secondary N) is 1. The lowest BCUT2D eigenvalue weighted by Crippen LogP contribution is -2.13. The third-order valence-electron chi connectivity index (χ3n) is 3.61. The summed E-state index contributed by atoms with van der Waals surface area (Å²) in [6.07, 6.45) is 1.04. The summed E-state index contributed by atoms with van der Waals surface area (Å²) in [5.74, 6) is -1.34. The molecule has 2 rings (SSSR count). The minimum atomic E-state index is -0.762. The third kappa shape index (κ3) is 4.54. The number of carbonyl (C=O) groups is 1. The number of nitro benzene ring substituents is 1. The Bertz CT molecular complexity index is 995. The Morgan fingerprint density at radius 3 is 2.67 bits per heavy atom. The molecule has 0 spiro atoms. The van der Waals surface area contributed by atoms with Gasteiger partial charge in [-0.25, -0.2) is 0 Å². The van der Waals surface area contributed by atoms with Gasteiger partial charge in [0.25, 0.3) is 11.6 Å². The molecule has 2 N–H and O–H groups in total. The number of nitro groups is 1. The summed E-state index contributed by atoms with van der Waals surface area (Å²) in [4.78, 5) is 22.7. The van der Waals surface area contributed by atoms with Crippen LogP contribution in [0.2, 0.25) is 5.02 Å². The van der Waals surface area contributed by atoms with Crippen LogP contribution < -0.4 is 10.1 Å². The smallest absolute Gasteiger partial charge is 0.274 e. The SMILES string of the molecule is COc1cc([N+](=O)[O-])cc(/C=C(/C#N)C(=O)Nc2ccc(C)c(Cl)c2)c1O. The molecule has 0 radical (unpaired) electrons. The Morgan fingerprint density at radius 2 is 2.11 bits per heavy atom. The molecule has 27 heavy (non-hydrogen) atoms. The maximum Gasteiger partial charge on any atom is 0.274 e. The van der Waals surface area contributed by atoms with Gasteiger partial charge in [0.2, 0.25) is 0 Å². The largest absolute Gasteiger partial charge is 0.504 e. The van der Waals surface area contributed by atoms with E-state index in [0.717, 1.165) is 23.8 Å². The number of phenolic OH excluding ortho intramolecular Hbond substituents is 1. The average molecular weight is 388 g/mol. The second-order valence-electron chi connectivity index (χ2n) is 5.43. The molecule has 9 heteroatoms. The van der Waals surface area contributed by atoms with E-state index in [-0.39, 0.29) is 22.6 Å². The number of methoxy groups -OCH3 is 1. The van der Waals surface area contributed by atoms with E-state index in [4.69, 9.17) is 16.3 Å². The first-order valence-electron chi connectivity index (χ1n) is 7.51. The Labute approximate surface area is 159 Å². The first-order chi connectivity index (χ1) is 12.8. The fourth-order valence-electron chi connectivity index (χ4n) is 2.16. The highest BCUT2D eigenvalue weighted by Gasteiger charge is 2.18. The number of hydrogen-bond acceptors (Lipinski definition) is 6. The molecule has 0 fully saturated rings. The number of hydrogen-bond donors (Lipinski definition) is 2. The minimum absolute atomic E-state index is 0.102. The number of aromatic hydroxyl groups is 1. The lowest BCUT2D eigenvalue weighted by molar-refractivity contribution is -0.385. The van der Waals surface area contributed by atoms with Crippen molar-refractivity contribution in [2.24, 2.45) is 0 Å². The number of non-ortho nitro benzene ring substituents is 1. The molecule has 0 aliphatic carbocycles. The van der Waals surface area contributed by atoms with Crippen LogP contribution in [0.4, 0.5) is 11.4 Å². The first kappa shape index (κ1) is 19.8. The summed E-state index contributed by atoms with van der Waals surface area (Å²) < 4.78 is 4.89. The zero-order valence-corrected chi connectivity index (χ0v) is 15.1. The van der Waals surface area contributed by atoms with Crippen molar-refractivity contribution in [2.45, 2.75) is 6.92 Å². The number of nitrogens with zero attached hydrogens (tertiary/aromatic N) is 2. The van der Waals surface area contributed by atoms with Crippen molar-refractivity contribution in [2.75, 3.05) is 12.4 Å². The fraction of sp³-hybridized carbons (Fsp3) is 0.111. The van der Waals surface area contributed by atoms with Gasteiger partial charge in [0, 0.05) is 22.3 Å². The van der Waals surface area contributed by atoms with E-state index in [2.05, 4.69) is 5.32 Å². The standard InChI is InChI=1S/C18H14ClN3O5/c1-10-3-4-13(7-15(10)19)21-18(24)12(9-20)5-11-6-14(22(25)26)8-16(27-2)17(11)23/h3-8,23H,1-2H3,(H,21,24)/b12-5-. The number of carbonyl (C=O) groups excluding carboxylic acids is 1. The number of halogens is 1. The number of anilines is 1. The number of nitriles is 1. The molecule has 8 nitrogen and oxygen atoms in total. The average Bonchev–Trinajstić information content (AvgIpc) is 2.63. The topological polar surface area (TPSA) is 125 Å². The van der Waals surface area contributed by atoms with Crippen LogP contribution in [0.5, 0.6) is 11.5 Å². The van der Waals surface area contributed by atoms with Crippen molar-refractivity contribution in [1.29, 1.82) is 5.26 Å². The normalized spacial score (nSPS) is 10.8. The van der Waals surface area contributed by atoms with Crippen LogP contribution in [0.25, 0.3) is 6.08 Å². The summed E-state index contributed by atoms with van der Waals surface area (Å²) in [6.45, 7) is 1.80. The quantitative estimate of drug-likeness (QED) is 0.347. The highest BCUT2D eigenvalue weighted by atomic mass is 35.5. The van der Waals surface area contributed by atoms with Gasteiger partial charge in [0.1, 0.15) is 11.6 Å². The highest BCUT2D eigenvalue weighted by Crippen LogP contribution is 2.35. The summed E-state index contributed by atoms with van der Waals surface area (Å²) >= 11 is 6.00. The van der Waals surface area contributed by atoms with Crippen LogP contribution in [0.3, 0.4) is 0 Å². The summed E-state index contributed by atoms with van der Waals surface area (Å²) in [5.41, 5.74) is 0.357. The Balaban J connectivity index is 2.41. The number of amides is 1. The number of ether oxygens (including phenoxy) is 1. The van der Waals surface area contributed by atoms with E-state index in [0.29, 0.717) is 10.7 Å². The number of phenols is 1. The molecule has 0 aliphatic heterocycles. The number of benzene rings is 2. The van der Waals surface area contributed by atoms with Crippen LogP contribution in [-0.4, -0.2) is 23.0 Å². The molecule has 2 aromatic carbocycles. The third-order valence-corrected chi connectivity index (χ3v) is 4.02. The van der Waals surface area contributed by atoms with Crippen LogP contribution in [0, 0.1) is 28.4 Å². The highest BCUT2D eigenvalue weighted by molar-refractivity contribution is 6.31. The zero-order chi connectivity index (χ0) is 20.1. The summed E-state index contributed by atoms with van der Waals surface area (Å²) in [5, 5.41) is 33.4. The van der Waals surface area contributed by atoms with E-state index in [9.17, 15) is 25.3 Å². The summed E-state index contributed by atoms with van der Waals surface area (Å²) in [7, 11) is 1.23. The minimum Gasteiger partial charge on any atom is -0.504 e. The molecule has 0 aliphatic rings. The molecule has 2 aromatic rings. The molecular formula is C18H14ClN3O5. The molecule has 1 amide bonds.